The lowest BCUT2D eigenvalue weighted by molar-refractivity contribution is 0.0706. The molecule has 2 amide bonds. The fourth-order valence-electron chi connectivity index (χ4n) is 3.99. The lowest BCUT2D eigenvalue weighted by atomic mass is 10.1. The Morgan fingerprint density at radius 1 is 1.32 bits per heavy atom. The quantitative estimate of drug-likeness (QED) is 0.861. The molecule has 146 valence electrons. The number of nitrogens with zero attached hydrogens (tertiary/aromatic N) is 2. The minimum atomic E-state index is -0.470. The predicted octanol–water partition coefficient (Wildman–Crippen LogP) is 3.06. The molecule has 1 N–H and O–H groups in total. The van der Waals surface area contributed by atoms with Crippen LogP contribution in [0.1, 0.15) is 57.7 Å². The van der Waals surface area contributed by atoms with Crippen LogP contribution in [0, 0.1) is 5.82 Å². The number of benzene rings is 1. The lowest BCUT2D eigenvalue weighted by Gasteiger charge is -2.22. The van der Waals surface area contributed by atoms with Gasteiger partial charge in [-0.25, -0.2) is 9.37 Å². The van der Waals surface area contributed by atoms with Gasteiger partial charge in [0.15, 0.2) is 0 Å². The Hall–Kier alpha value is -2.96. The van der Waals surface area contributed by atoms with Crippen molar-refractivity contribution in [2.24, 2.45) is 0 Å². The maximum Gasteiger partial charge on any atom is 0.256 e. The van der Waals surface area contributed by atoms with Crippen molar-refractivity contribution in [1.82, 2.24) is 15.2 Å². The minimum absolute atomic E-state index is 0.00485. The summed E-state index contributed by atoms with van der Waals surface area (Å²) in [6.07, 6.45) is 4.37. The summed E-state index contributed by atoms with van der Waals surface area (Å²) in [5.74, 6) is -0.489. The van der Waals surface area contributed by atoms with E-state index in [9.17, 15) is 14.0 Å². The number of amides is 2. The Morgan fingerprint density at radius 2 is 2.11 bits per heavy atom. The molecule has 1 aliphatic carbocycles. The van der Waals surface area contributed by atoms with Crippen LogP contribution in [0.4, 0.5) is 4.39 Å². The summed E-state index contributed by atoms with van der Waals surface area (Å²) in [6, 6.07) is 7.52. The Kier molecular flexibility index (Phi) is 4.98. The van der Waals surface area contributed by atoms with Crippen LogP contribution in [-0.2, 0) is 13.1 Å². The molecule has 4 rings (SSSR count). The molecule has 28 heavy (non-hydrogen) atoms. The zero-order valence-electron chi connectivity index (χ0n) is 15.7. The zero-order valence-corrected chi connectivity index (χ0v) is 15.7. The van der Waals surface area contributed by atoms with Crippen LogP contribution in [0.25, 0.3) is 0 Å². The monoisotopic (exact) mass is 383 g/mol. The molecule has 1 aromatic carbocycles. The van der Waals surface area contributed by atoms with Gasteiger partial charge in [0, 0.05) is 23.7 Å². The van der Waals surface area contributed by atoms with Crippen LogP contribution in [0.5, 0.6) is 5.88 Å². The van der Waals surface area contributed by atoms with E-state index in [1.165, 1.54) is 25.3 Å². The van der Waals surface area contributed by atoms with Crippen LogP contribution >= 0.6 is 0 Å². The third-order valence-corrected chi connectivity index (χ3v) is 5.44. The van der Waals surface area contributed by atoms with Crippen molar-refractivity contribution >= 4 is 11.8 Å². The highest BCUT2D eigenvalue weighted by atomic mass is 19.1. The van der Waals surface area contributed by atoms with Gasteiger partial charge in [0.1, 0.15) is 5.82 Å². The largest absolute Gasteiger partial charge is 0.481 e. The van der Waals surface area contributed by atoms with Gasteiger partial charge in [-0.3, -0.25) is 9.59 Å². The summed E-state index contributed by atoms with van der Waals surface area (Å²) in [6.45, 7) is 0.640. The molecule has 1 aromatic heterocycles. The second-order valence-electron chi connectivity index (χ2n) is 7.22. The van der Waals surface area contributed by atoms with Crippen LogP contribution in [0.3, 0.4) is 0 Å². The molecule has 0 saturated heterocycles. The standard InChI is InChI=1S/C21H22FN3O3/c1-28-20-14(11-23-19(26)13-5-4-6-15(22)9-13)10-17-18(24-20)12-25(21(17)27)16-7-2-3-8-16/h4-6,9-10,16H,2-3,7-8,11-12H2,1H3,(H,23,26). The van der Waals surface area contributed by atoms with Gasteiger partial charge in [0.05, 0.1) is 24.9 Å². The topological polar surface area (TPSA) is 71.5 Å². The van der Waals surface area contributed by atoms with Crippen molar-refractivity contribution in [3.8, 4) is 5.88 Å². The van der Waals surface area contributed by atoms with Crippen molar-refractivity contribution in [3.05, 3.63) is 58.5 Å². The van der Waals surface area contributed by atoms with Gasteiger partial charge in [0.25, 0.3) is 11.8 Å². The number of methoxy groups -OCH3 is 1. The number of halogens is 1. The average molecular weight is 383 g/mol. The molecule has 0 spiro atoms. The number of nitrogens with one attached hydrogen (secondary N) is 1. The van der Waals surface area contributed by atoms with E-state index in [-0.39, 0.29) is 24.1 Å². The highest BCUT2D eigenvalue weighted by Gasteiger charge is 2.35. The Morgan fingerprint density at radius 3 is 2.82 bits per heavy atom. The van der Waals surface area contributed by atoms with Crippen LogP contribution in [-0.4, -0.2) is 34.8 Å². The van der Waals surface area contributed by atoms with Gasteiger partial charge in [-0.1, -0.05) is 18.9 Å². The van der Waals surface area contributed by atoms with E-state index >= 15 is 0 Å². The predicted molar refractivity (Wildman–Crippen MR) is 100 cm³/mol. The zero-order chi connectivity index (χ0) is 19.7. The molecule has 1 fully saturated rings. The number of hydrogen-bond acceptors (Lipinski definition) is 4. The number of carbonyl (C=O) groups is 2. The van der Waals surface area contributed by atoms with Gasteiger partial charge < -0.3 is 15.0 Å². The van der Waals surface area contributed by atoms with E-state index in [2.05, 4.69) is 10.3 Å². The summed E-state index contributed by atoms with van der Waals surface area (Å²) in [5, 5.41) is 2.74. The van der Waals surface area contributed by atoms with E-state index in [1.54, 1.807) is 12.1 Å². The van der Waals surface area contributed by atoms with Crippen molar-refractivity contribution in [2.75, 3.05) is 7.11 Å². The van der Waals surface area contributed by atoms with Crippen LogP contribution < -0.4 is 10.1 Å². The smallest absolute Gasteiger partial charge is 0.256 e. The van der Waals surface area contributed by atoms with Crippen LogP contribution in [0.2, 0.25) is 0 Å². The Bertz CT molecular complexity index is 925. The van der Waals surface area contributed by atoms with E-state index < -0.39 is 11.7 Å². The summed E-state index contributed by atoms with van der Waals surface area (Å²) in [5.41, 5.74) is 2.14. The van der Waals surface area contributed by atoms with Gasteiger partial charge in [-0.15, -0.1) is 0 Å². The molecule has 0 bridgehead atoms. The summed E-state index contributed by atoms with van der Waals surface area (Å²) >= 11 is 0. The number of aromatic nitrogens is 1. The van der Waals surface area contributed by atoms with E-state index in [1.807, 2.05) is 4.90 Å². The molecule has 1 aliphatic heterocycles. The molecular weight excluding hydrogens is 361 g/mol. The fraction of sp³-hybridized carbons (Fsp3) is 0.381. The summed E-state index contributed by atoms with van der Waals surface area (Å²) in [4.78, 5) is 31.5. The highest BCUT2D eigenvalue weighted by Crippen LogP contribution is 2.33. The highest BCUT2D eigenvalue weighted by molar-refractivity contribution is 5.98. The molecule has 0 unspecified atom stereocenters. The van der Waals surface area contributed by atoms with Gasteiger partial charge in [-0.2, -0.15) is 0 Å². The van der Waals surface area contributed by atoms with E-state index in [0.717, 1.165) is 25.7 Å². The molecule has 2 aromatic rings. The third kappa shape index (κ3) is 3.44. The molecule has 2 aliphatic rings. The van der Waals surface area contributed by atoms with Gasteiger partial charge in [0.2, 0.25) is 5.88 Å². The van der Waals surface area contributed by atoms with Crippen molar-refractivity contribution in [3.63, 3.8) is 0 Å². The molecule has 2 heterocycles. The first kappa shape index (κ1) is 18.4. The molecule has 1 saturated carbocycles. The van der Waals surface area contributed by atoms with Crippen LogP contribution in [0.15, 0.2) is 30.3 Å². The summed E-state index contributed by atoms with van der Waals surface area (Å²) < 4.78 is 18.7. The third-order valence-electron chi connectivity index (χ3n) is 5.44. The lowest BCUT2D eigenvalue weighted by Crippen LogP contribution is -2.33. The van der Waals surface area contributed by atoms with Crippen molar-refractivity contribution in [2.45, 2.75) is 44.8 Å². The van der Waals surface area contributed by atoms with Crippen molar-refractivity contribution in [1.29, 1.82) is 0 Å². The van der Waals surface area contributed by atoms with E-state index in [4.69, 9.17) is 4.74 Å². The van der Waals surface area contributed by atoms with Crippen molar-refractivity contribution < 1.29 is 18.7 Å². The molecule has 0 atom stereocenters. The number of ether oxygens (including phenoxy) is 1. The number of rotatable bonds is 5. The molecular formula is C21H22FN3O3. The van der Waals surface area contributed by atoms with E-state index in [0.29, 0.717) is 29.2 Å². The second kappa shape index (κ2) is 7.58. The molecule has 7 heteroatoms. The Labute approximate surface area is 162 Å². The fourth-order valence-corrected chi connectivity index (χ4v) is 3.99. The molecule has 6 nitrogen and oxygen atoms in total. The maximum atomic E-state index is 13.3. The first-order valence-corrected chi connectivity index (χ1v) is 9.48. The van der Waals surface area contributed by atoms with Gasteiger partial charge >= 0.3 is 0 Å². The normalized spacial score (nSPS) is 16.4. The number of pyridine rings is 1. The maximum absolute atomic E-state index is 13.3. The molecule has 0 radical (unpaired) electrons. The minimum Gasteiger partial charge on any atom is -0.481 e. The number of carbonyl (C=O) groups excluding carboxylic acids is 2. The number of hydrogen-bond donors (Lipinski definition) is 1. The number of fused-ring (bicyclic) bond motifs is 1. The first-order valence-electron chi connectivity index (χ1n) is 9.48. The Balaban J connectivity index is 1.52. The second-order valence-corrected chi connectivity index (χ2v) is 7.22. The SMILES string of the molecule is COc1nc2c(cc1CNC(=O)c1cccc(F)c1)C(=O)N(C1CCCC1)C2. The summed E-state index contributed by atoms with van der Waals surface area (Å²) in [7, 11) is 1.51. The first-order chi connectivity index (χ1) is 13.6. The van der Waals surface area contributed by atoms with Gasteiger partial charge in [-0.05, 0) is 37.1 Å². The average Bonchev–Trinajstić information content (AvgIpc) is 3.33.